The molecule has 0 spiro atoms. The lowest BCUT2D eigenvalue weighted by molar-refractivity contribution is 0.152. The maximum absolute atomic E-state index is 10.2. The highest BCUT2D eigenvalue weighted by atomic mass is 16.5. The number of nitrogens with zero attached hydrogens (tertiary/aromatic N) is 1. The van der Waals surface area contributed by atoms with Crippen LogP contribution in [0.1, 0.15) is 43.4 Å². The van der Waals surface area contributed by atoms with Crippen LogP contribution in [-0.4, -0.2) is 37.4 Å². The summed E-state index contributed by atoms with van der Waals surface area (Å²) < 4.78 is 5.33. The number of phenolic OH excluding ortho intramolecular Hbond substituents is 1. The van der Waals surface area contributed by atoms with E-state index in [9.17, 15) is 5.11 Å². The average molecular weight is 319 g/mol. The van der Waals surface area contributed by atoms with Gasteiger partial charge in [-0.1, -0.05) is 6.07 Å². The van der Waals surface area contributed by atoms with Gasteiger partial charge in [0.25, 0.3) is 0 Å². The Morgan fingerprint density at radius 2 is 2.04 bits per heavy atom. The molecule has 0 fully saturated rings. The van der Waals surface area contributed by atoms with Gasteiger partial charge in [0.1, 0.15) is 5.75 Å². The maximum Gasteiger partial charge on any atom is 0.191 e. The Morgan fingerprint density at radius 3 is 2.83 bits per heavy atom. The number of hydrogen-bond acceptors (Lipinski definition) is 3. The summed E-state index contributed by atoms with van der Waals surface area (Å²) in [6, 6.07) is 3.87. The zero-order chi connectivity index (χ0) is 16.5. The van der Waals surface area contributed by atoms with Gasteiger partial charge in [-0.05, 0) is 56.7 Å². The first-order valence-corrected chi connectivity index (χ1v) is 8.68. The predicted molar refractivity (Wildman–Crippen MR) is 94.1 cm³/mol. The summed E-state index contributed by atoms with van der Waals surface area (Å²) in [5.41, 5.74) is 3.64. The Morgan fingerprint density at radius 1 is 1.22 bits per heavy atom. The molecule has 0 saturated heterocycles. The van der Waals surface area contributed by atoms with Crippen molar-refractivity contribution < 1.29 is 9.84 Å². The number of fused-ring (bicyclic) bond motifs is 1. The second-order valence-corrected chi connectivity index (χ2v) is 5.73. The van der Waals surface area contributed by atoms with Crippen LogP contribution in [0.5, 0.6) is 5.75 Å². The van der Waals surface area contributed by atoms with E-state index < -0.39 is 0 Å². The fourth-order valence-electron chi connectivity index (χ4n) is 2.95. The molecule has 128 valence electrons. The second kappa shape index (κ2) is 9.40. The summed E-state index contributed by atoms with van der Waals surface area (Å²) >= 11 is 0. The molecule has 0 aromatic heterocycles. The number of aliphatic imine (C=N–C) groups is 1. The molecule has 0 heterocycles. The molecule has 1 aromatic rings. The Labute approximate surface area is 139 Å². The van der Waals surface area contributed by atoms with Crippen molar-refractivity contribution in [2.75, 3.05) is 26.3 Å². The predicted octanol–water partition coefficient (Wildman–Crippen LogP) is 2.36. The van der Waals surface area contributed by atoms with Crippen LogP contribution in [0.4, 0.5) is 0 Å². The molecular formula is C18H29N3O2. The van der Waals surface area contributed by atoms with Crippen molar-refractivity contribution in [3.05, 3.63) is 28.8 Å². The van der Waals surface area contributed by atoms with E-state index in [1.807, 2.05) is 19.9 Å². The highest BCUT2D eigenvalue weighted by Crippen LogP contribution is 2.30. The summed E-state index contributed by atoms with van der Waals surface area (Å²) in [5.74, 6) is 1.12. The van der Waals surface area contributed by atoms with Gasteiger partial charge in [-0.15, -0.1) is 0 Å². The highest BCUT2D eigenvalue weighted by molar-refractivity contribution is 5.79. The van der Waals surface area contributed by atoms with Crippen molar-refractivity contribution in [3.8, 4) is 5.75 Å². The zero-order valence-corrected chi connectivity index (χ0v) is 14.3. The monoisotopic (exact) mass is 319 g/mol. The number of aryl methyl sites for hydroxylation is 1. The van der Waals surface area contributed by atoms with Crippen molar-refractivity contribution >= 4 is 5.96 Å². The van der Waals surface area contributed by atoms with Crippen LogP contribution in [0.25, 0.3) is 0 Å². The minimum absolute atomic E-state index is 0.361. The van der Waals surface area contributed by atoms with E-state index in [-0.39, 0.29) is 0 Å². The lowest BCUT2D eigenvalue weighted by Gasteiger charge is -2.20. The largest absolute Gasteiger partial charge is 0.508 e. The normalized spacial score (nSPS) is 14.4. The molecule has 0 aliphatic heterocycles. The highest BCUT2D eigenvalue weighted by Gasteiger charge is 2.16. The van der Waals surface area contributed by atoms with Crippen molar-refractivity contribution in [2.24, 2.45) is 4.99 Å². The van der Waals surface area contributed by atoms with Crippen molar-refractivity contribution in [3.63, 3.8) is 0 Å². The Kier molecular flexibility index (Phi) is 7.20. The van der Waals surface area contributed by atoms with E-state index in [0.717, 1.165) is 44.1 Å². The fraction of sp³-hybridized carbons (Fsp3) is 0.611. The van der Waals surface area contributed by atoms with Crippen molar-refractivity contribution in [2.45, 2.75) is 46.1 Å². The van der Waals surface area contributed by atoms with Gasteiger partial charge in [0.2, 0.25) is 0 Å². The third-order valence-electron chi connectivity index (χ3n) is 4.11. The third kappa shape index (κ3) is 5.13. The number of phenols is 1. The average Bonchev–Trinajstić information content (AvgIpc) is 2.57. The number of rotatable bonds is 7. The van der Waals surface area contributed by atoms with Gasteiger partial charge < -0.3 is 20.5 Å². The standard InChI is InChI=1S/C18H29N3O2/c1-3-19-18(20-11-12-23-4-2)21-13-16-15-8-6-5-7-14(15)9-10-17(16)22/h9-10,22H,3-8,11-13H2,1-2H3,(H2,19,20,21). The first-order valence-electron chi connectivity index (χ1n) is 8.68. The summed E-state index contributed by atoms with van der Waals surface area (Å²) in [6.45, 7) is 7.44. The van der Waals surface area contributed by atoms with Crippen LogP contribution in [0, 0.1) is 0 Å². The molecule has 0 amide bonds. The van der Waals surface area contributed by atoms with E-state index in [1.54, 1.807) is 0 Å². The summed E-state index contributed by atoms with van der Waals surface area (Å²) in [6.07, 6.45) is 4.59. The van der Waals surface area contributed by atoms with Gasteiger partial charge in [0.05, 0.1) is 13.2 Å². The van der Waals surface area contributed by atoms with Gasteiger partial charge in [-0.25, -0.2) is 4.99 Å². The smallest absolute Gasteiger partial charge is 0.191 e. The number of nitrogens with one attached hydrogen (secondary N) is 2. The SMILES string of the molecule is CCNC(=NCc1c(O)ccc2c1CCCC2)NCCOCC. The van der Waals surface area contributed by atoms with Gasteiger partial charge in [-0.3, -0.25) is 0 Å². The molecule has 0 atom stereocenters. The number of guanidine groups is 1. The van der Waals surface area contributed by atoms with Gasteiger partial charge in [0, 0.05) is 25.3 Å². The maximum atomic E-state index is 10.2. The lowest BCUT2D eigenvalue weighted by Crippen LogP contribution is -2.39. The summed E-state index contributed by atoms with van der Waals surface area (Å²) in [5, 5.41) is 16.7. The van der Waals surface area contributed by atoms with E-state index in [2.05, 4.69) is 21.7 Å². The van der Waals surface area contributed by atoms with E-state index in [1.165, 1.54) is 24.0 Å². The first kappa shape index (κ1) is 17.6. The van der Waals surface area contributed by atoms with Crippen molar-refractivity contribution in [1.82, 2.24) is 10.6 Å². The van der Waals surface area contributed by atoms with Crippen LogP contribution < -0.4 is 10.6 Å². The lowest BCUT2D eigenvalue weighted by atomic mass is 9.88. The molecular weight excluding hydrogens is 290 g/mol. The van der Waals surface area contributed by atoms with Gasteiger partial charge >= 0.3 is 0 Å². The van der Waals surface area contributed by atoms with E-state index in [0.29, 0.717) is 18.9 Å². The minimum atomic E-state index is 0.361. The Hall–Kier alpha value is -1.75. The van der Waals surface area contributed by atoms with Crippen LogP contribution in [-0.2, 0) is 24.1 Å². The zero-order valence-electron chi connectivity index (χ0n) is 14.3. The Bertz CT molecular complexity index is 529. The van der Waals surface area contributed by atoms with Crippen LogP contribution >= 0.6 is 0 Å². The fourth-order valence-corrected chi connectivity index (χ4v) is 2.95. The van der Waals surface area contributed by atoms with Crippen molar-refractivity contribution in [1.29, 1.82) is 0 Å². The first-order chi connectivity index (χ1) is 11.3. The molecule has 5 heteroatoms. The van der Waals surface area contributed by atoms with Crippen LogP contribution in [0.2, 0.25) is 0 Å². The number of aromatic hydroxyl groups is 1. The molecule has 1 aliphatic carbocycles. The summed E-state index contributed by atoms with van der Waals surface area (Å²) in [4.78, 5) is 4.63. The molecule has 5 nitrogen and oxygen atoms in total. The van der Waals surface area contributed by atoms with E-state index in [4.69, 9.17) is 4.74 Å². The Balaban J connectivity index is 2.06. The molecule has 23 heavy (non-hydrogen) atoms. The molecule has 0 unspecified atom stereocenters. The molecule has 1 aromatic carbocycles. The molecule has 3 N–H and O–H groups in total. The van der Waals surface area contributed by atoms with E-state index >= 15 is 0 Å². The molecule has 0 radical (unpaired) electrons. The molecule has 0 bridgehead atoms. The number of ether oxygens (including phenoxy) is 1. The number of hydrogen-bond donors (Lipinski definition) is 3. The van der Waals surface area contributed by atoms with Gasteiger partial charge in [0.15, 0.2) is 5.96 Å². The van der Waals surface area contributed by atoms with Crippen LogP contribution in [0.3, 0.4) is 0 Å². The van der Waals surface area contributed by atoms with Gasteiger partial charge in [-0.2, -0.15) is 0 Å². The second-order valence-electron chi connectivity index (χ2n) is 5.73. The molecule has 2 rings (SSSR count). The topological polar surface area (TPSA) is 65.9 Å². The third-order valence-corrected chi connectivity index (χ3v) is 4.11. The quantitative estimate of drug-likeness (QED) is 0.410. The summed E-state index contributed by atoms with van der Waals surface area (Å²) in [7, 11) is 0. The van der Waals surface area contributed by atoms with Crippen LogP contribution in [0.15, 0.2) is 17.1 Å². The minimum Gasteiger partial charge on any atom is -0.508 e. The molecule has 0 saturated carbocycles. The molecule has 1 aliphatic rings. The number of benzene rings is 1.